The van der Waals surface area contributed by atoms with Gasteiger partial charge in [-0.05, 0) is 22.4 Å². The predicted molar refractivity (Wildman–Crippen MR) is 98.3 cm³/mol. The lowest BCUT2D eigenvalue weighted by molar-refractivity contribution is -0.885. The van der Waals surface area contributed by atoms with Gasteiger partial charge in [-0.25, -0.2) is 0 Å². The van der Waals surface area contributed by atoms with Crippen LogP contribution in [0, 0.1) is 11.3 Å². The lowest BCUT2D eigenvalue weighted by Gasteiger charge is -2.19. The summed E-state index contributed by atoms with van der Waals surface area (Å²) in [6.07, 6.45) is 0. The zero-order chi connectivity index (χ0) is 17.7. The smallest absolute Gasteiger partial charge is 0.280 e. The molecule has 126 valence electrons. The zero-order valence-corrected chi connectivity index (χ0v) is 15.5. The van der Waals surface area contributed by atoms with Crippen molar-refractivity contribution in [3.8, 4) is 6.07 Å². The first kappa shape index (κ1) is 18.2. The number of hydrogen-bond acceptors (Lipinski definition) is 3. The fourth-order valence-corrected chi connectivity index (χ4v) is 3.23. The molecule has 0 aliphatic rings. The van der Waals surface area contributed by atoms with Gasteiger partial charge in [0.15, 0.2) is 6.54 Å². The highest BCUT2D eigenvalue weighted by Crippen LogP contribution is 2.22. The highest BCUT2D eigenvalue weighted by molar-refractivity contribution is 7.14. The molecule has 0 saturated carbocycles. The van der Waals surface area contributed by atoms with Gasteiger partial charge in [-0.1, -0.05) is 45.0 Å². The highest BCUT2D eigenvalue weighted by Gasteiger charge is 2.15. The summed E-state index contributed by atoms with van der Waals surface area (Å²) in [6.45, 7) is 7.74. The third kappa shape index (κ3) is 4.92. The SMILES string of the molecule is C[NH+](CC(=O)Nc1sccc1C#N)Cc1ccc(C(C)(C)C)cc1. The van der Waals surface area contributed by atoms with Crippen LogP contribution in [0.25, 0.3) is 0 Å². The highest BCUT2D eigenvalue weighted by atomic mass is 32.1. The van der Waals surface area contributed by atoms with Crippen LogP contribution in [0.5, 0.6) is 0 Å². The molecule has 24 heavy (non-hydrogen) atoms. The maximum atomic E-state index is 12.1. The lowest BCUT2D eigenvalue weighted by atomic mass is 9.87. The van der Waals surface area contributed by atoms with Crippen molar-refractivity contribution in [1.82, 2.24) is 0 Å². The minimum absolute atomic E-state index is 0.0715. The van der Waals surface area contributed by atoms with Crippen molar-refractivity contribution >= 4 is 22.2 Å². The van der Waals surface area contributed by atoms with E-state index < -0.39 is 0 Å². The normalized spacial score (nSPS) is 12.5. The van der Waals surface area contributed by atoms with E-state index in [0.29, 0.717) is 17.1 Å². The molecule has 1 atom stereocenters. The first-order valence-electron chi connectivity index (χ1n) is 7.98. The molecule has 1 heterocycles. The number of amides is 1. The van der Waals surface area contributed by atoms with E-state index in [1.54, 1.807) is 6.07 Å². The van der Waals surface area contributed by atoms with Gasteiger partial charge in [0.1, 0.15) is 17.6 Å². The quantitative estimate of drug-likeness (QED) is 0.877. The van der Waals surface area contributed by atoms with Crippen molar-refractivity contribution in [1.29, 1.82) is 5.26 Å². The number of carbonyl (C=O) groups excluding carboxylic acids is 1. The van der Waals surface area contributed by atoms with Gasteiger partial charge in [0.2, 0.25) is 0 Å². The van der Waals surface area contributed by atoms with Crippen molar-refractivity contribution in [3.05, 3.63) is 52.4 Å². The number of nitrogens with one attached hydrogen (secondary N) is 2. The number of nitrogens with zero attached hydrogens (tertiary/aromatic N) is 1. The predicted octanol–water partition coefficient (Wildman–Crippen LogP) is 2.57. The molecule has 2 rings (SSSR count). The fourth-order valence-electron chi connectivity index (χ4n) is 2.47. The summed E-state index contributed by atoms with van der Waals surface area (Å²) in [6, 6.07) is 12.4. The summed E-state index contributed by atoms with van der Waals surface area (Å²) in [5.41, 5.74) is 3.19. The minimum atomic E-state index is -0.0715. The fraction of sp³-hybridized carbons (Fsp3) is 0.368. The van der Waals surface area contributed by atoms with Crippen molar-refractivity contribution in [2.75, 3.05) is 18.9 Å². The van der Waals surface area contributed by atoms with Crippen molar-refractivity contribution < 1.29 is 9.69 Å². The van der Waals surface area contributed by atoms with Gasteiger partial charge in [0, 0.05) is 5.56 Å². The van der Waals surface area contributed by atoms with Crippen LogP contribution in [0.3, 0.4) is 0 Å². The molecule has 1 aromatic heterocycles. The van der Waals surface area contributed by atoms with Crippen molar-refractivity contribution in [2.24, 2.45) is 0 Å². The van der Waals surface area contributed by atoms with E-state index in [4.69, 9.17) is 5.26 Å². The number of anilines is 1. The summed E-state index contributed by atoms with van der Waals surface area (Å²) in [4.78, 5) is 13.2. The largest absolute Gasteiger partial charge is 0.326 e. The molecular weight excluding hydrogens is 318 g/mol. The Labute approximate surface area is 147 Å². The number of carbonyl (C=O) groups is 1. The van der Waals surface area contributed by atoms with Gasteiger partial charge in [0.25, 0.3) is 5.91 Å². The molecule has 0 spiro atoms. The number of rotatable bonds is 5. The second kappa shape index (κ2) is 7.61. The van der Waals surface area contributed by atoms with E-state index in [2.05, 4.69) is 56.4 Å². The molecule has 0 bridgehead atoms. The van der Waals surface area contributed by atoms with Crippen LogP contribution in [0.15, 0.2) is 35.7 Å². The Bertz CT molecular complexity index is 735. The Kier molecular flexibility index (Phi) is 5.76. The monoisotopic (exact) mass is 342 g/mol. The Balaban J connectivity index is 1.90. The average molecular weight is 342 g/mol. The third-order valence-electron chi connectivity index (χ3n) is 3.83. The van der Waals surface area contributed by atoms with E-state index in [-0.39, 0.29) is 11.3 Å². The van der Waals surface area contributed by atoms with Crippen LogP contribution < -0.4 is 10.2 Å². The summed E-state index contributed by atoms with van der Waals surface area (Å²) >= 11 is 1.37. The van der Waals surface area contributed by atoms with E-state index >= 15 is 0 Å². The molecule has 1 aromatic carbocycles. The number of nitriles is 1. The molecule has 1 amide bonds. The van der Waals surface area contributed by atoms with Gasteiger partial charge < -0.3 is 10.2 Å². The number of thiophene rings is 1. The van der Waals surface area contributed by atoms with Crippen molar-refractivity contribution in [2.45, 2.75) is 32.7 Å². The molecule has 0 aliphatic heterocycles. The summed E-state index contributed by atoms with van der Waals surface area (Å²) in [5, 5.41) is 14.2. The van der Waals surface area contributed by atoms with Gasteiger partial charge in [-0.15, -0.1) is 11.3 Å². The average Bonchev–Trinajstić information content (AvgIpc) is 2.93. The summed E-state index contributed by atoms with van der Waals surface area (Å²) in [7, 11) is 2.00. The second-order valence-electron chi connectivity index (χ2n) is 7.08. The van der Waals surface area contributed by atoms with Crippen LogP contribution in [-0.4, -0.2) is 19.5 Å². The molecule has 0 fully saturated rings. The number of benzene rings is 1. The summed E-state index contributed by atoms with van der Waals surface area (Å²) in [5.74, 6) is -0.0715. The molecule has 0 aliphatic carbocycles. The standard InChI is InChI=1S/C19H23N3OS/c1-19(2,3)16-7-5-14(6-8-16)12-22(4)13-17(23)21-18-15(11-20)9-10-24-18/h5-10H,12-13H2,1-4H3,(H,21,23)/p+1. The maximum Gasteiger partial charge on any atom is 0.280 e. The molecule has 0 saturated heterocycles. The third-order valence-corrected chi connectivity index (χ3v) is 4.66. The van der Waals surface area contributed by atoms with Crippen LogP contribution in [0.4, 0.5) is 5.00 Å². The molecule has 2 aromatic rings. The van der Waals surface area contributed by atoms with Crippen LogP contribution >= 0.6 is 11.3 Å². The molecule has 2 N–H and O–H groups in total. The van der Waals surface area contributed by atoms with E-state index in [9.17, 15) is 4.79 Å². The summed E-state index contributed by atoms with van der Waals surface area (Å²) < 4.78 is 0. The number of hydrogen-bond donors (Lipinski definition) is 2. The van der Waals surface area contributed by atoms with E-state index in [1.165, 1.54) is 22.5 Å². The van der Waals surface area contributed by atoms with Crippen LogP contribution in [0.1, 0.15) is 37.5 Å². The first-order valence-corrected chi connectivity index (χ1v) is 8.85. The molecule has 1 unspecified atom stereocenters. The number of likely N-dealkylation sites (N-methyl/N-ethyl adjacent to an activating group) is 1. The zero-order valence-electron chi connectivity index (χ0n) is 14.6. The van der Waals surface area contributed by atoms with Crippen LogP contribution in [0.2, 0.25) is 0 Å². The second-order valence-corrected chi connectivity index (χ2v) is 8.00. The first-order chi connectivity index (χ1) is 11.3. The molecular formula is C19H24N3OS+. The van der Waals surface area contributed by atoms with Crippen molar-refractivity contribution in [3.63, 3.8) is 0 Å². The van der Waals surface area contributed by atoms with Gasteiger partial charge in [-0.2, -0.15) is 5.26 Å². The minimum Gasteiger partial charge on any atom is -0.326 e. The van der Waals surface area contributed by atoms with E-state index in [1.807, 2.05) is 12.4 Å². The topological polar surface area (TPSA) is 57.3 Å². The maximum absolute atomic E-state index is 12.1. The Morgan fingerprint density at radius 2 is 1.92 bits per heavy atom. The van der Waals surface area contributed by atoms with Gasteiger partial charge in [0.05, 0.1) is 12.6 Å². The Morgan fingerprint density at radius 3 is 2.50 bits per heavy atom. The molecule has 4 nitrogen and oxygen atoms in total. The molecule has 5 heteroatoms. The number of quaternary nitrogens is 1. The Morgan fingerprint density at radius 1 is 1.25 bits per heavy atom. The van der Waals surface area contributed by atoms with E-state index in [0.717, 1.165) is 11.4 Å². The van der Waals surface area contributed by atoms with Crippen LogP contribution in [-0.2, 0) is 16.8 Å². The Hall–Kier alpha value is -2.16. The van der Waals surface area contributed by atoms with Gasteiger partial charge in [-0.3, -0.25) is 4.79 Å². The molecule has 0 radical (unpaired) electrons. The van der Waals surface area contributed by atoms with Gasteiger partial charge >= 0.3 is 0 Å². The lowest BCUT2D eigenvalue weighted by Crippen LogP contribution is -3.08.